The molecule has 0 aromatic carbocycles. The fraction of sp³-hybridized carbons (Fsp3) is 0.250. The van der Waals surface area contributed by atoms with Crippen LogP contribution in [0.15, 0.2) is 49.1 Å². The number of hydrogen-bond donors (Lipinski definition) is 2. The van der Waals surface area contributed by atoms with Crippen molar-refractivity contribution in [3.05, 3.63) is 54.6 Å². The summed E-state index contributed by atoms with van der Waals surface area (Å²) in [5.41, 5.74) is 0.104. The van der Waals surface area contributed by atoms with Gasteiger partial charge in [0.2, 0.25) is 5.91 Å². The molecule has 0 aliphatic heterocycles. The van der Waals surface area contributed by atoms with E-state index in [1.807, 2.05) is 12.1 Å². The van der Waals surface area contributed by atoms with E-state index in [2.05, 4.69) is 15.4 Å². The molecule has 7 heteroatoms. The van der Waals surface area contributed by atoms with Gasteiger partial charge in [0.15, 0.2) is 5.41 Å². The van der Waals surface area contributed by atoms with E-state index < -0.39 is 17.3 Å². The van der Waals surface area contributed by atoms with Crippen molar-refractivity contribution >= 4 is 17.6 Å². The Morgan fingerprint density at radius 1 is 1.26 bits per heavy atom. The van der Waals surface area contributed by atoms with E-state index in [4.69, 9.17) is 0 Å². The largest absolute Gasteiger partial charge is 0.480 e. The average Bonchev–Trinajstić information content (AvgIpc) is 3.18. The highest BCUT2D eigenvalue weighted by molar-refractivity contribution is 6.08. The predicted molar refractivity (Wildman–Crippen MR) is 82.6 cm³/mol. The number of hydrogen-bond acceptors (Lipinski definition) is 4. The van der Waals surface area contributed by atoms with E-state index >= 15 is 0 Å². The van der Waals surface area contributed by atoms with Crippen LogP contribution in [0.25, 0.3) is 0 Å². The zero-order chi connectivity index (χ0) is 16.3. The molecule has 1 aliphatic rings. The summed E-state index contributed by atoms with van der Waals surface area (Å²) in [5, 5.41) is 16.2. The number of nitrogens with one attached hydrogen (secondary N) is 1. The van der Waals surface area contributed by atoms with Crippen LogP contribution in [0.4, 0.5) is 5.69 Å². The van der Waals surface area contributed by atoms with Crippen LogP contribution in [0.2, 0.25) is 0 Å². The van der Waals surface area contributed by atoms with E-state index in [0.29, 0.717) is 12.2 Å². The third-order valence-electron chi connectivity index (χ3n) is 3.93. The van der Waals surface area contributed by atoms with Crippen molar-refractivity contribution in [1.82, 2.24) is 14.8 Å². The summed E-state index contributed by atoms with van der Waals surface area (Å²) in [6.45, 7) is 0.546. The van der Waals surface area contributed by atoms with Crippen LogP contribution in [0.1, 0.15) is 18.4 Å². The molecular formula is C16H16N4O3. The monoisotopic (exact) mass is 312 g/mol. The molecule has 23 heavy (non-hydrogen) atoms. The fourth-order valence-corrected chi connectivity index (χ4v) is 2.55. The van der Waals surface area contributed by atoms with Gasteiger partial charge in [-0.2, -0.15) is 5.10 Å². The molecule has 118 valence electrons. The lowest BCUT2D eigenvalue weighted by Crippen LogP contribution is -2.41. The van der Waals surface area contributed by atoms with E-state index in [9.17, 15) is 14.7 Å². The molecule has 2 N–H and O–H groups in total. The minimum Gasteiger partial charge on any atom is -0.480 e. The molecule has 0 spiro atoms. The molecule has 0 atom stereocenters. The first-order valence-electron chi connectivity index (χ1n) is 7.21. The van der Waals surface area contributed by atoms with Crippen molar-refractivity contribution in [3.63, 3.8) is 0 Å². The van der Waals surface area contributed by atoms with Gasteiger partial charge in [-0.1, -0.05) is 12.2 Å². The molecule has 2 aromatic heterocycles. The van der Waals surface area contributed by atoms with Gasteiger partial charge in [-0.05, 0) is 30.5 Å². The Hall–Kier alpha value is -2.96. The maximum absolute atomic E-state index is 12.4. The fourth-order valence-electron chi connectivity index (χ4n) is 2.55. The summed E-state index contributed by atoms with van der Waals surface area (Å²) < 4.78 is 1.67. The Morgan fingerprint density at radius 2 is 1.96 bits per heavy atom. The van der Waals surface area contributed by atoms with Crippen molar-refractivity contribution < 1.29 is 14.7 Å². The van der Waals surface area contributed by atoms with Crippen LogP contribution in [-0.4, -0.2) is 31.7 Å². The number of aliphatic carboxylic acids is 1. The smallest absolute Gasteiger partial charge is 0.319 e. The van der Waals surface area contributed by atoms with Crippen LogP contribution in [0.5, 0.6) is 0 Å². The highest BCUT2D eigenvalue weighted by Gasteiger charge is 2.46. The van der Waals surface area contributed by atoms with Gasteiger partial charge < -0.3 is 10.4 Å². The molecule has 0 fully saturated rings. The first kappa shape index (κ1) is 15.0. The van der Waals surface area contributed by atoms with Crippen LogP contribution >= 0.6 is 0 Å². The van der Waals surface area contributed by atoms with E-state index in [-0.39, 0.29) is 12.8 Å². The Labute approximate surface area is 132 Å². The van der Waals surface area contributed by atoms with Crippen LogP contribution < -0.4 is 5.32 Å². The second-order valence-electron chi connectivity index (χ2n) is 5.50. The number of aromatic nitrogens is 3. The van der Waals surface area contributed by atoms with Gasteiger partial charge in [0.1, 0.15) is 0 Å². The standard InChI is InChI=1S/C16H16N4O3/c21-14(16(15(22)23)5-1-2-6-16)19-13-9-18-20(11-13)10-12-3-7-17-8-4-12/h1-4,7-9,11H,5-6,10H2,(H,19,21)(H,22,23). The number of carboxylic acids is 1. The molecule has 0 saturated carbocycles. The number of rotatable bonds is 5. The third kappa shape index (κ3) is 2.98. The molecule has 0 unspecified atom stereocenters. The molecule has 1 aliphatic carbocycles. The van der Waals surface area contributed by atoms with Crippen molar-refractivity contribution in [2.75, 3.05) is 5.32 Å². The molecule has 1 amide bonds. The lowest BCUT2D eigenvalue weighted by molar-refractivity contribution is -0.153. The number of nitrogens with zero attached hydrogens (tertiary/aromatic N) is 3. The third-order valence-corrected chi connectivity index (χ3v) is 3.93. The van der Waals surface area contributed by atoms with Gasteiger partial charge in [0, 0.05) is 18.6 Å². The Kier molecular flexibility index (Phi) is 3.92. The lowest BCUT2D eigenvalue weighted by atomic mass is 9.84. The zero-order valence-corrected chi connectivity index (χ0v) is 12.3. The molecule has 0 bridgehead atoms. The SMILES string of the molecule is O=C(O)C1(C(=O)Nc2cnn(Cc3ccncc3)c2)CC=CC1. The van der Waals surface area contributed by atoms with Gasteiger partial charge in [0.25, 0.3) is 0 Å². The second kappa shape index (κ2) is 6.04. The number of carboxylic acid groups (broad SMARTS) is 1. The normalized spacial score (nSPS) is 15.5. The van der Waals surface area contributed by atoms with E-state index in [0.717, 1.165) is 5.56 Å². The van der Waals surface area contributed by atoms with Gasteiger partial charge in [-0.15, -0.1) is 0 Å². The average molecular weight is 312 g/mol. The van der Waals surface area contributed by atoms with Crippen LogP contribution in [-0.2, 0) is 16.1 Å². The van der Waals surface area contributed by atoms with E-state index in [1.165, 1.54) is 6.20 Å². The van der Waals surface area contributed by atoms with E-state index in [1.54, 1.807) is 35.4 Å². The molecule has 3 rings (SSSR count). The second-order valence-corrected chi connectivity index (χ2v) is 5.50. The molecule has 7 nitrogen and oxygen atoms in total. The number of pyridine rings is 1. The highest BCUT2D eigenvalue weighted by Crippen LogP contribution is 2.34. The Balaban J connectivity index is 1.69. The molecular weight excluding hydrogens is 296 g/mol. The van der Waals surface area contributed by atoms with Crippen molar-refractivity contribution in [3.8, 4) is 0 Å². The minimum absolute atomic E-state index is 0.208. The molecule has 0 radical (unpaired) electrons. The number of anilines is 1. The van der Waals surface area contributed by atoms with Crippen molar-refractivity contribution in [2.45, 2.75) is 19.4 Å². The zero-order valence-electron chi connectivity index (χ0n) is 12.3. The molecule has 2 aromatic rings. The number of allylic oxidation sites excluding steroid dienone is 2. The van der Waals surface area contributed by atoms with Gasteiger partial charge in [0.05, 0.1) is 18.4 Å². The first-order valence-corrected chi connectivity index (χ1v) is 7.21. The maximum Gasteiger partial charge on any atom is 0.319 e. The molecule has 0 saturated heterocycles. The number of amides is 1. The summed E-state index contributed by atoms with van der Waals surface area (Å²) in [7, 11) is 0. The summed E-state index contributed by atoms with van der Waals surface area (Å²) in [5.74, 6) is -1.62. The Morgan fingerprint density at radius 3 is 2.61 bits per heavy atom. The number of carbonyl (C=O) groups excluding carboxylic acids is 1. The highest BCUT2D eigenvalue weighted by atomic mass is 16.4. The van der Waals surface area contributed by atoms with Crippen molar-refractivity contribution in [2.24, 2.45) is 5.41 Å². The predicted octanol–water partition coefficient (Wildman–Crippen LogP) is 1.69. The van der Waals surface area contributed by atoms with Crippen molar-refractivity contribution in [1.29, 1.82) is 0 Å². The topological polar surface area (TPSA) is 97.1 Å². The summed E-state index contributed by atoms with van der Waals surface area (Å²) in [4.78, 5) is 27.8. The quantitative estimate of drug-likeness (QED) is 0.647. The van der Waals surface area contributed by atoms with Gasteiger partial charge in [-0.3, -0.25) is 19.3 Å². The summed E-state index contributed by atoms with van der Waals surface area (Å²) in [6, 6.07) is 3.76. The molecule has 2 heterocycles. The first-order chi connectivity index (χ1) is 11.1. The number of carbonyl (C=O) groups is 2. The van der Waals surface area contributed by atoms with Gasteiger partial charge in [-0.25, -0.2) is 0 Å². The Bertz CT molecular complexity index is 744. The van der Waals surface area contributed by atoms with Gasteiger partial charge >= 0.3 is 5.97 Å². The summed E-state index contributed by atoms with van der Waals surface area (Å²) in [6.07, 6.45) is 10.4. The minimum atomic E-state index is -1.41. The maximum atomic E-state index is 12.4. The van der Waals surface area contributed by atoms with Crippen LogP contribution in [0, 0.1) is 5.41 Å². The lowest BCUT2D eigenvalue weighted by Gasteiger charge is -2.22. The summed E-state index contributed by atoms with van der Waals surface area (Å²) >= 11 is 0. The van der Waals surface area contributed by atoms with Crippen LogP contribution in [0.3, 0.4) is 0 Å².